The molecule has 2 aromatic heterocycles. The van der Waals surface area contributed by atoms with Gasteiger partial charge in [0.05, 0.1) is 23.4 Å². The van der Waals surface area contributed by atoms with Gasteiger partial charge < -0.3 is 10.1 Å². The topological polar surface area (TPSA) is 68.3 Å². The highest BCUT2D eigenvalue weighted by Crippen LogP contribution is 2.37. The van der Waals surface area contributed by atoms with Crippen LogP contribution < -0.4 is 5.32 Å². The monoisotopic (exact) mass is 534 g/mol. The van der Waals surface area contributed by atoms with Crippen LogP contribution in [0.3, 0.4) is 0 Å². The maximum atomic E-state index is 13.8. The normalized spacial score (nSPS) is 11.4. The van der Waals surface area contributed by atoms with Crippen molar-refractivity contribution >= 4 is 39.1 Å². The third-order valence-corrected chi connectivity index (χ3v) is 7.49. The van der Waals surface area contributed by atoms with Crippen molar-refractivity contribution in [3.8, 4) is 22.4 Å². The van der Waals surface area contributed by atoms with Gasteiger partial charge in [-0.2, -0.15) is 0 Å². The highest BCUT2D eigenvalue weighted by atomic mass is 32.1. The summed E-state index contributed by atoms with van der Waals surface area (Å²) in [5, 5.41) is 6.08. The molecular formula is C33H30N2O3S. The minimum absolute atomic E-state index is 0.0380. The Bertz CT molecular complexity index is 1650. The Hall–Kier alpha value is -4.29. The van der Waals surface area contributed by atoms with Crippen LogP contribution in [0.4, 0.5) is 5.00 Å². The van der Waals surface area contributed by atoms with E-state index in [1.807, 2.05) is 78.2 Å². The summed E-state index contributed by atoms with van der Waals surface area (Å²) in [6.07, 6.45) is 0. The fraction of sp³-hybridized carbons (Fsp3) is 0.182. The number of rotatable bonds is 6. The minimum Gasteiger partial charge on any atom is -0.462 e. The van der Waals surface area contributed by atoms with E-state index in [9.17, 15) is 9.59 Å². The van der Waals surface area contributed by atoms with Crippen LogP contribution in [0, 0.1) is 0 Å². The Morgan fingerprint density at radius 2 is 1.59 bits per heavy atom. The van der Waals surface area contributed by atoms with Crippen LogP contribution in [0.2, 0.25) is 0 Å². The summed E-state index contributed by atoms with van der Waals surface area (Å²) in [7, 11) is 0. The molecule has 5 aromatic rings. The summed E-state index contributed by atoms with van der Waals surface area (Å²) in [5.74, 6) is -0.778. The lowest BCUT2D eigenvalue weighted by atomic mass is 9.86. The van der Waals surface area contributed by atoms with E-state index < -0.39 is 5.97 Å². The van der Waals surface area contributed by atoms with Crippen molar-refractivity contribution in [3.05, 3.63) is 107 Å². The van der Waals surface area contributed by atoms with E-state index in [4.69, 9.17) is 9.72 Å². The van der Waals surface area contributed by atoms with E-state index in [1.165, 1.54) is 16.9 Å². The van der Waals surface area contributed by atoms with Crippen molar-refractivity contribution in [1.29, 1.82) is 0 Å². The summed E-state index contributed by atoms with van der Waals surface area (Å²) in [6, 6.07) is 27.3. The van der Waals surface area contributed by atoms with E-state index in [2.05, 4.69) is 38.2 Å². The summed E-state index contributed by atoms with van der Waals surface area (Å²) >= 11 is 1.31. The quantitative estimate of drug-likeness (QED) is 0.222. The van der Waals surface area contributed by atoms with Gasteiger partial charge in [-0.05, 0) is 35.6 Å². The fourth-order valence-corrected chi connectivity index (χ4v) is 5.46. The number of esters is 1. The molecule has 0 fully saturated rings. The van der Waals surface area contributed by atoms with Crippen molar-refractivity contribution in [2.75, 3.05) is 11.9 Å². The molecule has 0 atom stereocenters. The Balaban J connectivity index is 1.56. The van der Waals surface area contributed by atoms with Gasteiger partial charge in [-0.15, -0.1) is 11.3 Å². The Morgan fingerprint density at radius 3 is 2.28 bits per heavy atom. The van der Waals surface area contributed by atoms with Crippen LogP contribution in [-0.2, 0) is 10.2 Å². The smallest absolute Gasteiger partial charge is 0.341 e. The molecule has 3 aromatic carbocycles. The summed E-state index contributed by atoms with van der Waals surface area (Å²) in [5.41, 5.74) is 6.08. The van der Waals surface area contributed by atoms with Crippen LogP contribution in [0.25, 0.3) is 33.3 Å². The van der Waals surface area contributed by atoms with Crippen molar-refractivity contribution in [2.24, 2.45) is 0 Å². The Labute approximate surface area is 232 Å². The molecule has 0 radical (unpaired) electrons. The van der Waals surface area contributed by atoms with Gasteiger partial charge in [-0.3, -0.25) is 4.79 Å². The number of anilines is 1. The number of fused-ring (bicyclic) bond motifs is 1. The molecule has 1 N–H and O–H groups in total. The molecule has 6 heteroatoms. The second-order valence-corrected chi connectivity index (χ2v) is 11.2. The predicted octanol–water partition coefficient (Wildman–Crippen LogP) is 8.36. The first-order valence-corrected chi connectivity index (χ1v) is 13.8. The number of thiophene rings is 1. The van der Waals surface area contributed by atoms with Crippen LogP contribution in [0.5, 0.6) is 0 Å². The zero-order valence-corrected chi connectivity index (χ0v) is 23.3. The molecule has 196 valence electrons. The van der Waals surface area contributed by atoms with Crippen LogP contribution in [0.15, 0.2) is 90.3 Å². The first kappa shape index (κ1) is 26.3. The average Bonchev–Trinajstić information content (AvgIpc) is 3.36. The molecule has 0 aliphatic carbocycles. The van der Waals surface area contributed by atoms with E-state index >= 15 is 0 Å². The van der Waals surface area contributed by atoms with Gasteiger partial charge in [0, 0.05) is 21.9 Å². The lowest BCUT2D eigenvalue weighted by Gasteiger charge is -2.19. The largest absolute Gasteiger partial charge is 0.462 e. The number of nitrogens with one attached hydrogen (secondary N) is 1. The number of nitrogens with zero attached hydrogens (tertiary/aromatic N) is 1. The zero-order chi connectivity index (χ0) is 27.6. The SMILES string of the molecule is CCOC(=O)c1c(-c2ccccc2)csc1NC(=O)c1cc(-c2ccc(C(C)(C)C)cc2)nc2ccccc12. The van der Waals surface area contributed by atoms with E-state index in [0.29, 0.717) is 21.8 Å². The fourth-order valence-electron chi connectivity index (χ4n) is 4.51. The molecule has 39 heavy (non-hydrogen) atoms. The third-order valence-electron chi connectivity index (χ3n) is 6.59. The minimum atomic E-state index is -0.466. The Kier molecular flexibility index (Phi) is 7.31. The molecular weight excluding hydrogens is 504 g/mol. The lowest BCUT2D eigenvalue weighted by molar-refractivity contribution is 0.0529. The molecule has 0 aliphatic rings. The van der Waals surface area contributed by atoms with Gasteiger partial charge >= 0.3 is 5.97 Å². The molecule has 0 aliphatic heterocycles. The molecule has 0 bridgehead atoms. The summed E-state index contributed by atoms with van der Waals surface area (Å²) < 4.78 is 5.36. The molecule has 0 saturated heterocycles. The first-order chi connectivity index (χ1) is 18.8. The maximum absolute atomic E-state index is 13.8. The van der Waals surface area contributed by atoms with Crippen molar-refractivity contribution in [1.82, 2.24) is 4.98 Å². The van der Waals surface area contributed by atoms with Crippen molar-refractivity contribution in [3.63, 3.8) is 0 Å². The molecule has 0 saturated carbocycles. The third kappa shape index (κ3) is 5.47. The number of benzene rings is 3. The van der Waals surface area contributed by atoms with Gasteiger partial charge in [-0.1, -0.05) is 93.6 Å². The summed E-state index contributed by atoms with van der Waals surface area (Å²) in [6.45, 7) is 8.54. The molecule has 0 unspecified atom stereocenters. The number of hydrogen-bond acceptors (Lipinski definition) is 5. The van der Waals surface area contributed by atoms with Gasteiger partial charge in [0.25, 0.3) is 5.91 Å². The summed E-state index contributed by atoms with van der Waals surface area (Å²) in [4.78, 5) is 31.7. The van der Waals surface area contributed by atoms with Crippen LogP contribution in [-0.4, -0.2) is 23.5 Å². The second-order valence-electron chi connectivity index (χ2n) is 10.3. The average molecular weight is 535 g/mol. The number of carbonyl (C=O) groups is 2. The molecule has 1 amide bonds. The molecule has 5 nitrogen and oxygen atoms in total. The lowest BCUT2D eigenvalue weighted by Crippen LogP contribution is -2.15. The van der Waals surface area contributed by atoms with Crippen LogP contribution in [0.1, 0.15) is 54.0 Å². The van der Waals surface area contributed by atoms with Gasteiger partial charge in [0.2, 0.25) is 0 Å². The van der Waals surface area contributed by atoms with E-state index in [1.54, 1.807) is 6.92 Å². The zero-order valence-electron chi connectivity index (χ0n) is 22.4. The Morgan fingerprint density at radius 1 is 0.897 bits per heavy atom. The van der Waals surface area contributed by atoms with Gasteiger partial charge in [0.15, 0.2) is 0 Å². The van der Waals surface area contributed by atoms with Crippen molar-refractivity contribution in [2.45, 2.75) is 33.1 Å². The standard InChI is InChI=1S/C33H30N2O3S/c1-5-38-32(37)29-26(21-11-7-6-8-12-21)20-39-31(29)35-30(36)25-19-28(34-27-14-10-9-13-24(25)27)22-15-17-23(18-16-22)33(2,3)4/h6-20H,5H2,1-4H3,(H,35,36). The van der Waals surface area contributed by atoms with E-state index in [0.717, 1.165) is 27.6 Å². The number of ether oxygens (including phenoxy) is 1. The maximum Gasteiger partial charge on any atom is 0.341 e. The highest BCUT2D eigenvalue weighted by Gasteiger charge is 2.24. The second kappa shape index (κ2) is 10.8. The van der Waals surface area contributed by atoms with Crippen molar-refractivity contribution < 1.29 is 14.3 Å². The van der Waals surface area contributed by atoms with E-state index in [-0.39, 0.29) is 17.9 Å². The number of para-hydroxylation sites is 1. The number of amides is 1. The number of pyridine rings is 1. The predicted molar refractivity (Wildman–Crippen MR) is 160 cm³/mol. The van der Waals surface area contributed by atoms with Gasteiger partial charge in [0.1, 0.15) is 10.6 Å². The number of carbonyl (C=O) groups excluding carboxylic acids is 2. The first-order valence-electron chi connectivity index (χ1n) is 12.9. The highest BCUT2D eigenvalue weighted by molar-refractivity contribution is 7.15. The number of hydrogen-bond donors (Lipinski definition) is 1. The molecule has 5 rings (SSSR count). The molecule has 2 heterocycles. The van der Waals surface area contributed by atoms with Gasteiger partial charge in [-0.25, -0.2) is 9.78 Å². The number of aromatic nitrogens is 1. The molecule has 0 spiro atoms. The van der Waals surface area contributed by atoms with Crippen LogP contribution >= 0.6 is 11.3 Å².